The molecule has 10 nitrogen and oxygen atoms in total. The Morgan fingerprint density at radius 1 is 1.38 bits per heavy atom. The van der Waals surface area contributed by atoms with Crippen molar-refractivity contribution in [3.63, 3.8) is 0 Å². The molecular formula is C11H13N5O5. The van der Waals surface area contributed by atoms with Gasteiger partial charge in [0, 0.05) is 6.54 Å². The standard InChI is InChI=1S/C11H13N5O5/c12-11-15-8(17)6-7(14-4-13-6)16(11)3-1-2-5(9(18)19)10(20)21/h4-5H,1-3H2,(H,13,14)(H,18,19)(H,20,21)(H2,12,15,17). The molecule has 5 N–H and O–H groups in total. The van der Waals surface area contributed by atoms with Crippen molar-refractivity contribution in [3.05, 3.63) is 16.7 Å². The van der Waals surface area contributed by atoms with E-state index in [1.165, 1.54) is 10.9 Å². The zero-order valence-corrected chi connectivity index (χ0v) is 10.8. The second kappa shape index (κ2) is 5.61. The number of anilines is 1. The molecule has 0 aliphatic heterocycles. The summed E-state index contributed by atoms with van der Waals surface area (Å²) in [4.78, 5) is 43.3. The molecule has 0 aromatic carbocycles. The van der Waals surface area contributed by atoms with Gasteiger partial charge in [-0.1, -0.05) is 0 Å². The van der Waals surface area contributed by atoms with Gasteiger partial charge in [-0.2, -0.15) is 4.98 Å². The van der Waals surface area contributed by atoms with Crippen LogP contribution in [0.5, 0.6) is 0 Å². The molecule has 2 aromatic heterocycles. The molecule has 0 spiro atoms. The molecule has 112 valence electrons. The number of nitrogens with one attached hydrogen (secondary N) is 1. The van der Waals surface area contributed by atoms with E-state index in [4.69, 9.17) is 15.9 Å². The second-order valence-corrected chi connectivity index (χ2v) is 4.40. The highest BCUT2D eigenvalue weighted by atomic mass is 16.4. The minimum atomic E-state index is -1.48. The van der Waals surface area contributed by atoms with Crippen LogP contribution >= 0.6 is 0 Å². The van der Waals surface area contributed by atoms with Crippen LogP contribution in [0.4, 0.5) is 5.95 Å². The summed E-state index contributed by atoms with van der Waals surface area (Å²) in [5.41, 5.74) is 5.60. The summed E-state index contributed by atoms with van der Waals surface area (Å²) in [7, 11) is 0. The molecule has 0 unspecified atom stereocenters. The summed E-state index contributed by atoms with van der Waals surface area (Å²) in [6.45, 7) is 0.206. The first-order chi connectivity index (χ1) is 9.91. The van der Waals surface area contributed by atoms with Crippen molar-refractivity contribution in [1.29, 1.82) is 0 Å². The Balaban J connectivity index is 2.18. The van der Waals surface area contributed by atoms with Crippen molar-refractivity contribution >= 4 is 29.1 Å². The molecule has 10 heteroatoms. The summed E-state index contributed by atoms with van der Waals surface area (Å²) >= 11 is 0. The van der Waals surface area contributed by atoms with Crippen LogP contribution in [-0.4, -0.2) is 41.7 Å². The van der Waals surface area contributed by atoms with Gasteiger partial charge in [0.05, 0.1) is 6.33 Å². The molecule has 2 heterocycles. The van der Waals surface area contributed by atoms with Crippen molar-refractivity contribution in [2.45, 2.75) is 19.4 Å². The van der Waals surface area contributed by atoms with Gasteiger partial charge >= 0.3 is 17.5 Å². The zero-order valence-electron chi connectivity index (χ0n) is 10.8. The quantitative estimate of drug-likeness (QED) is 0.506. The number of aromatic nitrogens is 4. The lowest BCUT2D eigenvalue weighted by molar-refractivity contribution is -0.154. The number of carbonyl (C=O) groups is 2. The van der Waals surface area contributed by atoms with Gasteiger partial charge in [-0.25, -0.2) is 4.98 Å². The van der Waals surface area contributed by atoms with Crippen LogP contribution in [0.3, 0.4) is 0 Å². The smallest absolute Gasteiger partial charge is 0.317 e. The number of fused-ring (bicyclic) bond motifs is 1. The Kier molecular flexibility index (Phi) is 3.87. The number of aryl methyl sites for hydroxylation is 1. The molecule has 2 aromatic rings. The van der Waals surface area contributed by atoms with E-state index in [1.54, 1.807) is 0 Å². The van der Waals surface area contributed by atoms with Crippen molar-refractivity contribution in [2.75, 3.05) is 5.73 Å². The van der Waals surface area contributed by atoms with Crippen molar-refractivity contribution in [3.8, 4) is 0 Å². The van der Waals surface area contributed by atoms with Crippen molar-refractivity contribution < 1.29 is 19.8 Å². The second-order valence-electron chi connectivity index (χ2n) is 4.40. The van der Waals surface area contributed by atoms with Crippen LogP contribution in [-0.2, 0) is 16.1 Å². The normalized spacial score (nSPS) is 11.1. The Hall–Kier alpha value is -2.91. The van der Waals surface area contributed by atoms with Crippen molar-refractivity contribution in [1.82, 2.24) is 19.5 Å². The number of hydrogen-bond donors (Lipinski definition) is 4. The molecule has 0 amide bonds. The van der Waals surface area contributed by atoms with E-state index in [0.29, 0.717) is 5.65 Å². The molecule has 0 aliphatic rings. The third kappa shape index (κ3) is 2.83. The first-order valence-electron chi connectivity index (χ1n) is 6.06. The van der Waals surface area contributed by atoms with Gasteiger partial charge < -0.3 is 20.9 Å². The molecule has 0 atom stereocenters. The van der Waals surface area contributed by atoms with Gasteiger partial charge in [-0.05, 0) is 12.8 Å². The third-order valence-corrected chi connectivity index (χ3v) is 3.05. The molecule has 0 fully saturated rings. The minimum absolute atomic E-state index is 0.0539. The Morgan fingerprint density at radius 3 is 2.67 bits per heavy atom. The maximum Gasteiger partial charge on any atom is 0.317 e. The highest BCUT2D eigenvalue weighted by Gasteiger charge is 2.25. The van der Waals surface area contributed by atoms with Crippen LogP contribution < -0.4 is 11.3 Å². The van der Waals surface area contributed by atoms with Crippen LogP contribution in [0, 0.1) is 5.92 Å². The van der Waals surface area contributed by atoms with Crippen LogP contribution in [0.15, 0.2) is 11.1 Å². The minimum Gasteiger partial charge on any atom is -0.481 e. The Bertz CT molecular complexity index is 735. The topological polar surface area (TPSA) is 164 Å². The number of imidazole rings is 1. The number of nitrogens with two attached hydrogens (primary N) is 1. The predicted octanol–water partition coefficient (Wildman–Crippen LogP) is -0.733. The number of carboxylic acid groups (broad SMARTS) is 2. The third-order valence-electron chi connectivity index (χ3n) is 3.05. The largest absolute Gasteiger partial charge is 0.481 e. The summed E-state index contributed by atoms with van der Waals surface area (Å²) in [5.74, 6) is -4.31. The van der Waals surface area contributed by atoms with Gasteiger partial charge in [0.2, 0.25) is 5.95 Å². The SMILES string of the molecule is Nc1nc(=O)c2[nH]cnc2n1CCCC(C(=O)O)C(=O)O. The molecule has 2 rings (SSSR count). The summed E-state index contributed by atoms with van der Waals surface area (Å²) < 4.78 is 1.44. The van der Waals surface area contributed by atoms with E-state index >= 15 is 0 Å². The number of hydrogen-bond acceptors (Lipinski definition) is 6. The number of H-pyrrole nitrogens is 1. The van der Waals surface area contributed by atoms with E-state index in [2.05, 4.69) is 15.0 Å². The summed E-state index contributed by atoms with van der Waals surface area (Å²) in [6, 6.07) is 0. The van der Waals surface area contributed by atoms with E-state index in [-0.39, 0.29) is 30.9 Å². The number of aromatic amines is 1. The first kappa shape index (κ1) is 14.5. The molecule has 21 heavy (non-hydrogen) atoms. The van der Waals surface area contributed by atoms with E-state index in [9.17, 15) is 14.4 Å². The fourth-order valence-electron chi connectivity index (χ4n) is 2.00. The van der Waals surface area contributed by atoms with Crippen LogP contribution in [0.25, 0.3) is 11.2 Å². The van der Waals surface area contributed by atoms with Gasteiger partial charge in [0.25, 0.3) is 0 Å². The maximum absolute atomic E-state index is 11.5. The number of rotatable bonds is 6. The fourth-order valence-corrected chi connectivity index (χ4v) is 2.00. The monoisotopic (exact) mass is 295 g/mol. The summed E-state index contributed by atoms with van der Waals surface area (Å²) in [5, 5.41) is 17.6. The fraction of sp³-hybridized carbons (Fsp3) is 0.364. The van der Waals surface area contributed by atoms with Crippen LogP contribution in [0.2, 0.25) is 0 Å². The molecule has 0 radical (unpaired) electrons. The highest BCUT2D eigenvalue weighted by molar-refractivity contribution is 5.92. The van der Waals surface area contributed by atoms with E-state index < -0.39 is 23.4 Å². The molecular weight excluding hydrogens is 282 g/mol. The highest BCUT2D eigenvalue weighted by Crippen LogP contribution is 2.13. The Labute approximate surface area is 117 Å². The average Bonchev–Trinajstić information content (AvgIpc) is 2.86. The lowest BCUT2D eigenvalue weighted by atomic mass is 10.0. The maximum atomic E-state index is 11.5. The zero-order chi connectivity index (χ0) is 15.6. The van der Waals surface area contributed by atoms with Crippen molar-refractivity contribution in [2.24, 2.45) is 5.92 Å². The number of carboxylic acids is 2. The van der Waals surface area contributed by atoms with Crippen LogP contribution in [0.1, 0.15) is 12.8 Å². The Morgan fingerprint density at radius 2 is 2.05 bits per heavy atom. The van der Waals surface area contributed by atoms with Gasteiger partial charge in [0.15, 0.2) is 17.1 Å². The molecule has 0 saturated carbocycles. The number of aliphatic carboxylic acids is 2. The van der Waals surface area contributed by atoms with E-state index in [0.717, 1.165) is 0 Å². The molecule has 0 saturated heterocycles. The lowest BCUT2D eigenvalue weighted by Crippen LogP contribution is -2.24. The summed E-state index contributed by atoms with van der Waals surface area (Å²) in [6.07, 6.45) is 1.49. The number of nitrogen functional groups attached to an aromatic ring is 1. The van der Waals surface area contributed by atoms with Gasteiger partial charge in [-0.3, -0.25) is 19.0 Å². The van der Waals surface area contributed by atoms with Gasteiger partial charge in [0.1, 0.15) is 0 Å². The molecule has 0 aliphatic carbocycles. The molecule has 0 bridgehead atoms. The lowest BCUT2D eigenvalue weighted by Gasteiger charge is -2.11. The van der Waals surface area contributed by atoms with Gasteiger partial charge in [-0.15, -0.1) is 0 Å². The van der Waals surface area contributed by atoms with E-state index in [1.807, 2.05) is 0 Å². The number of nitrogens with zero attached hydrogens (tertiary/aromatic N) is 3. The first-order valence-corrected chi connectivity index (χ1v) is 6.06. The average molecular weight is 295 g/mol. The predicted molar refractivity (Wildman–Crippen MR) is 70.6 cm³/mol.